The van der Waals surface area contributed by atoms with Crippen molar-refractivity contribution < 1.29 is 19.5 Å². The number of carboxylic acid groups (broad SMARTS) is 1. The fourth-order valence-electron chi connectivity index (χ4n) is 2.61. The quantitative estimate of drug-likeness (QED) is 0.864. The number of benzene rings is 1. The molecule has 3 atom stereocenters. The van der Waals surface area contributed by atoms with E-state index < -0.39 is 24.0 Å². The fraction of sp³-hybridized carbons (Fsp3) is 0.357. The van der Waals surface area contributed by atoms with Gasteiger partial charge in [0.1, 0.15) is 17.5 Å². The average Bonchev–Trinajstić information content (AvgIpc) is 3.00. The number of fused-ring (bicyclic) bond motifs is 3. The van der Waals surface area contributed by atoms with Gasteiger partial charge in [-0.25, -0.2) is 0 Å². The number of thioether (sulfide) groups is 1. The third-order valence-electron chi connectivity index (χ3n) is 3.72. The monoisotopic (exact) mass is 306 g/mol. The molecule has 1 saturated heterocycles. The number of carbonyl (C=O) groups excluding carboxylic acids is 2. The molecule has 7 heteroatoms. The molecule has 2 heterocycles. The van der Waals surface area contributed by atoms with Crippen LogP contribution in [-0.4, -0.2) is 45.6 Å². The van der Waals surface area contributed by atoms with Gasteiger partial charge in [0.25, 0.3) is 5.91 Å². The number of carbonyl (C=O) groups is 3. The molecule has 0 spiro atoms. The molecule has 21 heavy (non-hydrogen) atoms. The molecule has 3 rings (SSSR count). The normalized spacial score (nSPS) is 24.4. The largest absolute Gasteiger partial charge is 0.480 e. The second-order valence-electron chi connectivity index (χ2n) is 5.07. The number of aliphatic carboxylic acids is 1. The van der Waals surface area contributed by atoms with Crippen LogP contribution < -0.4 is 5.32 Å². The third-order valence-corrected chi connectivity index (χ3v) is 5.03. The smallest absolute Gasteiger partial charge is 0.325 e. The Bertz CT molecular complexity index is 633. The summed E-state index contributed by atoms with van der Waals surface area (Å²) < 4.78 is 0. The lowest BCUT2D eigenvalue weighted by Gasteiger charge is -2.23. The molecule has 1 aromatic carbocycles. The lowest BCUT2D eigenvalue weighted by Crippen LogP contribution is -2.50. The van der Waals surface area contributed by atoms with Gasteiger partial charge in [0.2, 0.25) is 5.91 Å². The van der Waals surface area contributed by atoms with E-state index >= 15 is 0 Å². The number of hydrogen-bond donors (Lipinski definition) is 2. The zero-order valence-corrected chi connectivity index (χ0v) is 12.1. The first-order chi connectivity index (χ1) is 10.0. The first-order valence-corrected chi connectivity index (χ1v) is 7.62. The molecule has 110 valence electrons. The number of amides is 2. The Morgan fingerprint density at radius 1 is 1.43 bits per heavy atom. The van der Waals surface area contributed by atoms with Crippen molar-refractivity contribution in [3.8, 4) is 0 Å². The highest BCUT2D eigenvalue weighted by Gasteiger charge is 2.48. The van der Waals surface area contributed by atoms with E-state index in [2.05, 4.69) is 5.32 Å². The Morgan fingerprint density at radius 3 is 2.86 bits per heavy atom. The third kappa shape index (κ3) is 2.17. The number of hydrogen-bond acceptors (Lipinski definition) is 4. The van der Waals surface area contributed by atoms with E-state index in [-0.39, 0.29) is 11.3 Å². The van der Waals surface area contributed by atoms with Gasteiger partial charge in [-0.3, -0.25) is 14.4 Å². The molecule has 2 aliphatic rings. The predicted molar refractivity (Wildman–Crippen MR) is 76.8 cm³/mol. The van der Waals surface area contributed by atoms with Gasteiger partial charge in [0.05, 0.1) is 0 Å². The summed E-state index contributed by atoms with van der Waals surface area (Å²) in [6, 6.07) is 5.72. The molecule has 1 aromatic rings. The molecule has 0 aromatic heterocycles. The van der Waals surface area contributed by atoms with Crippen molar-refractivity contribution in [1.82, 2.24) is 10.2 Å². The zero-order chi connectivity index (χ0) is 15.1. The van der Waals surface area contributed by atoms with Gasteiger partial charge >= 0.3 is 5.97 Å². The SMILES string of the molecule is C[C@H](NC(=O)[C@H]1CS[C@@H]2c3ccccc3C(=O)N12)C(=O)O. The van der Waals surface area contributed by atoms with E-state index in [1.807, 2.05) is 12.1 Å². The maximum absolute atomic E-state index is 12.4. The molecule has 2 aliphatic heterocycles. The standard InChI is InChI=1S/C14H14N2O4S/c1-7(14(19)20)15-11(17)10-6-21-13-9-5-3-2-4-8(9)12(18)16(10)13/h2-5,7,10,13H,6H2,1H3,(H,15,17)(H,19,20)/t7-,10+,13+/m0/s1. The second-order valence-corrected chi connectivity index (χ2v) is 6.18. The summed E-state index contributed by atoms with van der Waals surface area (Å²) in [5, 5.41) is 11.1. The van der Waals surface area contributed by atoms with Crippen LogP contribution in [0.2, 0.25) is 0 Å². The summed E-state index contributed by atoms with van der Waals surface area (Å²) in [7, 11) is 0. The van der Waals surface area contributed by atoms with Gasteiger partial charge in [0, 0.05) is 11.3 Å². The van der Waals surface area contributed by atoms with Crippen LogP contribution in [0.4, 0.5) is 0 Å². The summed E-state index contributed by atoms with van der Waals surface area (Å²) in [6.07, 6.45) is 0. The van der Waals surface area contributed by atoms with Crippen molar-refractivity contribution in [3.63, 3.8) is 0 Å². The topological polar surface area (TPSA) is 86.7 Å². The van der Waals surface area contributed by atoms with Crippen LogP contribution in [0.25, 0.3) is 0 Å². The minimum atomic E-state index is -1.10. The van der Waals surface area contributed by atoms with E-state index in [0.717, 1.165) is 5.56 Å². The van der Waals surface area contributed by atoms with Crippen LogP contribution in [0.5, 0.6) is 0 Å². The van der Waals surface area contributed by atoms with Crippen LogP contribution in [0.1, 0.15) is 28.2 Å². The van der Waals surface area contributed by atoms with Gasteiger partial charge in [-0.1, -0.05) is 18.2 Å². The van der Waals surface area contributed by atoms with Crippen molar-refractivity contribution in [2.24, 2.45) is 0 Å². The number of rotatable bonds is 3. The molecule has 2 amide bonds. The minimum Gasteiger partial charge on any atom is -0.480 e. The van der Waals surface area contributed by atoms with Crippen LogP contribution in [0.15, 0.2) is 24.3 Å². The van der Waals surface area contributed by atoms with Gasteiger partial charge in [-0.15, -0.1) is 11.8 Å². The molecule has 0 bridgehead atoms. The Kier molecular flexibility index (Phi) is 3.36. The van der Waals surface area contributed by atoms with E-state index in [4.69, 9.17) is 5.11 Å². The summed E-state index contributed by atoms with van der Waals surface area (Å²) >= 11 is 1.53. The first-order valence-electron chi connectivity index (χ1n) is 6.57. The molecular weight excluding hydrogens is 292 g/mol. The Morgan fingerprint density at radius 2 is 2.14 bits per heavy atom. The fourth-order valence-corrected chi connectivity index (χ4v) is 4.08. The second kappa shape index (κ2) is 5.07. The van der Waals surface area contributed by atoms with Crippen LogP contribution in [0, 0.1) is 0 Å². The lowest BCUT2D eigenvalue weighted by molar-refractivity contribution is -0.141. The minimum absolute atomic E-state index is 0.149. The highest BCUT2D eigenvalue weighted by atomic mass is 32.2. The summed E-state index contributed by atoms with van der Waals surface area (Å²) in [5.41, 5.74) is 1.55. The Balaban J connectivity index is 1.82. The molecule has 1 fully saturated rings. The number of carboxylic acids is 1. The first kappa shape index (κ1) is 13.9. The highest BCUT2D eigenvalue weighted by molar-refractivity contribution is 7.99. The number of nitrogens with zero attached hydrogens (tertiary/aromatic N) is 1. The van der Waals surface area contributed by atoms with E-state index in [0.29, 0.717) is 11.3 Å². The van der Waals surface area contributed by atoms with E-state index in [1.54, 1.807) is 17.0 Å². The summed E-state index contributed by atoms with van der Waals surface area (Å²) in [4.78, 5) is 37.0. The van der Waals surface area contributed by atoms with E-state index in [9.17, 15) is 14.4 Å². The Labute approximate surface area is 125 Å². The van der Waals surface area contributed by atoms with Crippen molar-refractivity contribution >= 4 is 29.5 Å². The van der Waals surface area contributed by atoms with Crippen molar-refractivity contribution in [2.75, 3.05) is 5.75 Å². The van der Waals surface area contributed by atoms with Crippen LogP contribution in [0.3, 0.4) is 0 Å². The number of nitrogens with one attached hydrogen (secondary N) is 1. The van der Waals surface area contributed by atoms with Gasteiger partial charge in [0.15, 0.2) is 0 Å². The molecule has 0 radical (unpaired) electrons. The average molecular weight is 306 g/mol. The maximum Gasteiger partial charge on any atom is 0.325 e. The molecule has 6 nitrogen and oxygen atoms in total. The highest BCUT2D eigenvalue weighted by Crippen LogP contribution is 2.47. The molecule has 2 N–H and O–H groups in total. The van der Waals surface area contributed by atoms with E-state index in [1.165, 1.54) is 18.7 Å². The van der Waals surface area contributed by atoms with Crippen molar-refractivity contribution in [1.29, 1.82) is 0 Å². The van der Waals surface area contributed by atoms with Crippen LogP contribution in [-0.2, 0) is 9.59 Å². The van der Waals surface area contributed by atoms with Gasteiger partial charge < -0.3 is 15.3 Å². The van der Waals surface area contributed by atoms with Crippen LogP contribution >= 0.6 is 11.8 Å². The predicted octanol–water partition coefficient (Wildman–Crippen LogP) is 0.846. The van der Waals surface area contributed by atoms with Gasteiger partial charge in [-0.05, 0) is 18.6 Å². The Hall–Kier alpha value is -2.02. The van der Waals surface area contributed by atoms with Gasteiger partial charge in [-0.2, -0.15) is 0 Å². The molecule has 0 saturated carbocycles. The lowest BCUT2D eigenvalue weighted by atomic mass is 10.1. The maximum atomic E-state index is 12.4. The molecular formula is C14H14N2O4S. The molecule has 0 aliphatic carbocycles. The summed E-state index contributed by atoms with van der Waals surface area (Å²) in [5.74, 6) is -1.20. The zero-order valence-electron chi connectivity index (χ0n) is 11.3. The van der Waals surface area contributed by atoms with Crippen molar-refractivity contribution in [3.05, 3.63) is 35.4 Å². The molecule has 0 unspecified atom stereocenters. The summed E-state index contributed by atoms with van der Waals surface area (Å²) in [6.45, 7) is 1.40. The van der Waals surface area contributed by atoms with Crippen molar-refractivity contribution in [2.45, 2.75) is 24.4 Å².